The maximum Gasteiger partial charge on any atom is 0.250 e. The van der Waals surface area contributed by atoms with Crippen molar-refractivity contribution in [1.82, 2.24) is 9.78 Å². The van der Waals surface area contributed by atoms with E-state index in [-0.39, 0.29) is 12.5 Å². The van der Waals surface area contributed by atoms with E-state index in [2.05, 4.69) is 11.7 Å². The second kappa shape index (κ2) is 7.40. The number of anilines is 1. The van der Waals surface area contributed by atoms with Crippen LogP contribution in [0, 0.1) is 6.92 Å². The Balaban J connectivity index is 2.46. The van der Waals surface area contributed by atoms with E-state index in [1.54, 1.807) is 49.0 Å². The maximum atomic E-state index is 12.4. The molecule has 2 aromatic rings. The standard InChI is InChI=1S/C17H20ClN3O3/c1-6-16(22)21(10-13-11(2)19-20(3)17(13)18)12-7-8-14(23-4)15(9-12)24-5/h6-9H,1,10H2,2-5H3. The zero-order valence-electron chi connectivity index (χ0n) is 14.2. The van der Waals surface area contributed by atoms with Gasteiger partial charge in [0.05, 0.1) is 26.5 Å². The normalized spacial score (nSPS) is 10.4. The van der Waals surface area contributed by atoms with Gasteiger partial charge < -0.3 is 14.4 Å². The van der Waals surface area contributed by atoms with Crippen molar-refractivity contribution in [2.75, 3.05) is 19.1 Å². The van der Waals surface area contributed by atoms with E-state index in [0.717, 1.165) is 11.3 Å². The van der Waals surface area contributed by atoms with Gasteiger partial charge in [-0.2, -0.15) is 5.10 Å². The summed E-state index contributed by atoms with van der Waals surface area (Å²) in [7, 11) is 4.86. The molecule has 0 bridgehead atoms. The Morgan fingerprint density at radius 1 is 1.38 bits per heavy atom. The number of aromatic nitrogens is 2. The van der Waals surface area contributed by atoms with Gasteiger partial charge in [-0.3, -0.25) is 9.48 Å². The number of carbonyl (C=O) groups excluding carboxylic acids is 1. The van der Waals surface area contributed by atoms with Gasteiger partial charge in [0.1, 0.15) is 5.15 Å². The molecule has 128 valence electrons. The van der Waals surface area contributed by atoms with Gasteiger partial charge in [-0.25, -0.2) is 0 Å². The van der Waals surface area contributed by atoms with Crippen molar-refractivity contribution < 1.29 is 14.3 Å². The summed E-state index contributed by atoms with van der Waals surface area (Å²) in [6.45, 7) is 5.70. The minimum Gasteiger partial charge on any atom is -0.493 e. The number of benzene rings is 1. The van der Waals surface area contributed by atoms with Gasteiger partial charge in [0.2, 0.25) is 0 Å². The first-order valence-corrected chi connectivity index (χ1v) is 7.64. The molecule has 0 spiro atoms. The monoisotopic (exact) mass is 349 g/mol. The molecular formula is C17H20ClN3O3. The van der Waals surface area contributed by atoms with E-state index in [1.165, 1.54) is 6.08 Å². The van der Waals surface area contributed by atoms with Gasteiger partial charge in [-0.05, 0) is 25.1 Å². The molecule has 7 heteroatoms. The first-order valence-electron chi connectivity index (χ1n) is 7.26. The summed E-state index contributed by atoms with van der Waals surface area (Å²) in [6.07, 6.45) is 1.26. The molecule has 0 unspecified atom stereocenters. The Hall–Kier alpha value is -2.47. The molecule has 0 aliphatic carbocycles. The zero-order valence-corrected chi connectivity index (χ0v) is 14.9. The first-order chi connectivity index (χ1) is 11.4. The fraction of sp³-hybridized carbons (Fsp3) is 0.294. The molecule has 1 heterocycles. The van der Waals surface area contributed by atoms with Crippen molar-refractivity contribution >= 4 is 23.2 Å². The largest absolute Gasteiger partial charge is 0.493 e. The Bertz CT molecular complexity index is 771. The molecule has 0 saturated carbocycles. The van der Waals surface area contributed by atoms with Crippen molar-refractivity contribution in [1.29, 1.82) is 0 Å². The smallest absolute Gasteiger partial charge is 0.250 e. The quantitative estimate of drug-likeness (QED) is 0.752. The summed E-state index contributed by atoms with van der Waals surface area (Å²) in [6, 6.07) is 5.26. The van der Waals surface area contributed by atoms with Gasteiger partial charge in [0.25, 0.3) is 5.91 Å². The van der Waals surface area contributed by atoms with E-state index in [1.807, 2.05) is 6.92 Å². The minimum atomic E-state index is -0.249. The molecule has 0 radical (unpaired) electrons. The summed E-state index contributed by atoms with van der Waals surface area (Å²) in [4.78, 5) is 13.9. The first kappa shape index (κ1) is 17.9. The summed E-state index contributed by atoms with van der Waals surface area (Å²) in [5.74, 6) is 0.871. The second-order valence-electron chi connectivity index (χ2n) is 5.15. The van der Waals surface area contributed by atoms with Crippen LogP contribution in [0.1, 0.15) is 11.3 Å². The third kappa shape index (κ3) is 3.38. The van der Waals surface area contributed by atoms with Crippen LogP contribution in [0.2, 0.25) is 5.15 Å². The summed E-state index contributed by atoms with van der Waals surface area (Å²) in [5.41, 5.74) is 2.20. The van der Waals surface area contributed by atoms with E-state index in [0.29, 0.717) is 22.3 Å². The lowest BCUT2D eigenvalue weighted by Crippen LogP contribution is -2.28. The van der Waals surface area contributed by atoms with Crippen LogP contribution in [0.25, 0.3) is 0 Å². The van der Waals surface area contributed by atoms with Crippen molar-refractivity contribution in [3.63, 3.8) is 0 Å². The predicted octanol–water partition coefficient (Wildman–Crippen LogP) is 3.12. The number of aryl methyl sites for hydroxylation is 2. The molecule has 0 aliphatic heterocycles. The van der Waals surface area contributed by atoms with Gasteiger partial charge in [-0.1, -0.05) is 18.2 Å². The van der Waals surface area contributed by atoms with Gasteiger partial charge in [0.15, 0.2) is 11.5 Å². The summed E-state index contributed by atoms with van der Waals surface area (Å²) < 4.78 is 12.1. The highest BCUT2D eigenvalue weighted by molar-refractivity contribution is 6.30. The molecule has 0 atom stereocenters. The Morgan fingerprint density at radius 2 is 2.04 bits per heavy atom. The molecule has 1 aromatic heterocycles. The lowest BCUT2D eigenvalue weighted by atomic mass is 10.2. The highest BCUT2D eigenvalue weighted by Crippen LogP contribution is 2.33. The average molecular weight is 350 g/mol. The Kier molecular flexibility index (Phi) is 5.51. The van der Waals surface area contributed by atoms with E-state index in [4.69, 9.17) is 21.1 Å². The van der Waals surface area contributed by atoms with Crippen molar-refractivity contribution in [2.45, 2.75) is 13.5 Å². The molecule has 24 heavy (non-hydrogen) atoms. The van der Waals surface area contributed by atoms with Crippen LogP contribution in [-0.2, 0) is 18.4 Å². The molecule has 0 N–H and O–H groups in total. The Morgan fingerprint density at radius 3 is 2.54 bits per heavy atom. The topological polar surface area (TPSA) is 56.6 Å². The fourth-order valence-electron chi connectivity index (χ4n) is 2.41. The molecule has 1 aromatic carbocycles. The second-order valence-corrected chi connectivity index (χ2v) is 5.50. The summed E-state index contributed by atoms with van der Waals surface area (Å²) in [5, 5.41) is 4.78. The number of ether oxygens (including phenoxy) is 2. The van der Waals surface area contributed by atoms with Crippen LogP contribution in [0.5, 0.6) is 11.5 Å². The number of methoxy groups -OCH3 is 2. The number of amides is 1. The number of carbonyl (C=O) groups is 1. The van der Waals surface area contributed by atoms with Gasteiger partial charge >= 0.3 is 0 Å². The number of rotatable bonds is 6. The third-order valence-electron chi connectivity index (χ3n) is 3.71. The predicted molar refractivity (Wildman–Crippen MR) is 93.9 cm³/mol. The van der Waals surface area contributed by atoms with Crippen LogP contribution in [0.3, 0.4) is 0 Å². The van der Waals surface area contributed by atoms with Crippen LogP contribution < -0.4 is 14.4 Å². The molecule has 2 rings (SSSR count). The highest BCUT2D eigenvalue weighted by Gasteiger charge is 2.20. The molecule has 0 aliphatic rings. The highest BCUT2D eigenvalue weighted by atomic mass is 35.5. The van der Waals surface area contributed by atoms with E-state index in [9.17, 15) is 4.79 Å². The molecule has 0 fully saturated rings. The van der Waals surface area contributed by atoms with Crippen molar-refractivity contribution in [3.8, 4) is 11.5 Å². The number of hydrogen-bond donors (Lipinski definition) is 0. The molecule has 0 saturated heterocycles. The molecule has 6 nitrogen and oxygen atoms in total. The third-order valence-corrected chi connectivity index (χ3v) is 4.18. The zero-order chi connectivity index (χ0) is 17.9. The number of nitrogens with zero attached hydrogens (tertiary/aromatic N) is 3. The van der Waals surface area contributed by atoms with Crippen molar-refractivity contribution in [3.05, 3.63) is 47.3 Å². The average Bonchev–Trinajstić information content (AvgIpc) is 2.83. The van der Waals surface area contributed by atoms with Crippen molar-refractivity contribution in [2.24, 2.45) is 7.05 Å². The van der Waals surface area contributed by atoms with E-state index < -0.39 is 0 Å². The van der Waals surface area contributed by atoms with Gasteiger partial charge in [0, 0.05) is 24.4 Å². The lowest BCUT2D eigenvalue weighted by Gasteiger charge is -2.22. The lowest BCUT2D eigenvalue weighted by molar-refractivity contribution is -0.114. The van der Waals surface area contributed by atoms with Crippen LogP contribution in [0.4, 0.5) is 5.69 Å². The minimum absolute atomic E-state index is 0.249. The Labute approximate surface area is 146 Å². The number of halogens is 1. The van der Waals surface area contributed by atoms with E-state index >= 15 is 0 Å². The SMILES string of the molecule is C=CC(=O)N(Cc1c(C)nn(C)c1Cl)c1ccc(OC)c(OC)c1. The van der Waals surface area contributed by atoms with Crippen LogP contribution in [0.15, 0.2) is 30.9 Å². The van der Waals surface area contributed by atoms with Crippen LogP contribution >= 0.6 is 11.6 Å². The molecule has 1 amide bonds. The number of hydrogen-bond acceptors (Lipinski definition) is 4. The van der Waals surface area contributed by atoms with Gasteiger partial charge in [-0.15, -0.1) is 0 Å². The molecular weight excluding hydrogens is 330 g/mol. The maximum absolute atomic E-state index is 12.4. The fourth-order valence-corrected chi connectivity index (χ4v) is 2.65. The summed E-state index contributed by atoms with van der Waals surface area (Å²) >= 11 is 6.29. The van der Waals surface area contributed by atoms with Crippen LogP contribution in [-0.4, -0.2) is 29.9 Å².